The SMILES string of the molecule is Clc1ccc(-[n+]2c(-c3ccccc3)cc(-c3ccccc3)c3c2CCCC3)cc1.O=S(=O)([O-])C(F)(F)F. The molecule has 0 amide bonds. The number of hydrogen-bond acceptors (Lipinski definition) is 3. The van der Waals surface area contributed by atoms with Gasteiger partial charge in [-0.25, -0.2) is 8.42 Å². The largest absolute Gasteiger partial charge is 0.741 e. The van der Waals surface area contributed by atoms with Crippen LogP contribution in [0.2, 0.25) is 5.02 Å². The normalized spacial score (nSPS) is 13.3. The molecule has 1 heterocycles. The summed E-state index contributed by atoms with van der Waals surface area (Å²) >= 11 is 6.20. The van der Waals surface area contributed by atoms with Crippen molar-refractivity contribution in [3.8, 4) is 28.1 Å². The Morgan fingerprint density at radius 1 is 0.784 bits per heavy atom. The van der Waals surface area contributed by atoms with Crippen LogP contribution in [-0.2, 0) is 23.0 Å². The van der Waals surface area contributed by atoms with Crippen molar-refractivity contribution in [2.24, 2.45) is 0 Å². The fourth-order valence-corrected chi connectivity index (χ4v) is 4.57. The Morgan fingerprint density at radius 3 is 1.84 bits per heavy atom. The van der Waals surface area contributed by atoms with E-state index in [0.717, 1.165) is 17.9 Å². The van der Waals surface area contributed by atoms with Crippen LogP contribution in [0.1, 0.15) is 24.1 Å². The summed E-state index contributed by atoms with van der Waals surface area (Å²) in [6.45, 7) is 0. The highest BCUT2D eigenvalue weighted by molar-refractivity contribution is 7.86. The minimum Gasteiger partial charge on any atom is -0.741 e. The van der Waals surface area contributed by atoms with Crippen molar-refractivity contribution in [2.75, 3.05) is 0 Å². The summed E-state index contributed by atoms with van der Waals surface area (Å²) in [5, 5.41) is 0.769. The Hall–Kier alpha value is -3.20. The van der Waals surface area contributed by atoms with Gasteiger partial charge < -0.3 is 4.55 Å². The van der Waals surface area contributed by atoms with Crippen molar-refractivity contribution >= 4 is 21.7 Å². The van der Waals surface area contributed by atoms with E-state index in [9.17, 15) is 13.2 Å². The zero-order valence-corrected chi connectivity index (χ0v) is 21.2. The zero-order valence-electron chi connectivity index (χ0n) is 19.6. The first kappa shape index (κ1) is 26.9. The average molecular weight is 546 g/mol. The summed E-state index contributed by atoms with van der Waals surface area (Å²) in [6.07, 6.45) is 4.70. The average Bonchev–Trinajstić information content (AvgIpc) is 2.88. The molecule has 37 heavy (non-hydrogen) atoms. The number of rotatable bonds is 3. The standard InChI is InChI=1S/C27H23ClN.CHF3O3S/c28-22-15-17-23(18-16-22)29-26-14-8-7-13-24(26)25(20-9-3-1-4-10-20)19-27(29)21-11-5-2-6-12-21;2-1(3,4)8(5,6)7/h1-6,9-12,15-19H,7-8,13-14H2;(H,5,6,7)/q+1;/p-1. The molecule has 1 aliphatic carbocycles. The molecule has 3 aromatic carbocycles. The molecule has 4 nitrogen and oxygen atoms in total. The van der Waals surface area contributed by atoms with Crippen molar-refractivity contribution in [1.29, 1.82) is 0 Å². The molecule has 9 heteroatoms. The Bertz CT molecular complexity index is 1480. The Balaban J connectivity index is 0.000000349. The number of benzene rings is 3. The van der Waals surface area contributed by atoms with Crippen molar-refractivity contribution in [3.63, 3.8) is 0 Å². The number of pyridine rings is 1. The zero-order chi connectivity index (χ0) is 26.6. The predicted octanol–water partition coefficient (Wildman–Crippen LogP) is 6.88. The van der Waals surface area contributed by atoms with Crippen molar-refractivity contribution in [2.45, 2.75) is 31.2 Å². The summed E-state index contributed by atoms with van der Waals surface area (Å²) in [5.74, 6) is 0. The maximum absolute atomic E-state index is 10.7. The molecule has 0 unspecified atom stereocenters. The Morgan fingerprint density at radius 2 is 1.30 bits per heavy atom. The number of alkyl halides is 3. The van der Waals surface area contributed by atoms with Crippen LogP contribution in [-0.4, -0.2) is 18.5 Å². The molecule has 1 aliphatic rings. The topological polar surface area (TPSA) is 61.1 Å². The van der Waals surface area contributed by atoms with Crippen molar-refractivity contribution < 1.29 is 30.7 Å². The van der Waals surface area contributed by atoms with Crippen LogP contribution in [0.4, 0.5) is 13.2 Å². The quantitative estimate of drug-likeness (QED) is 0.160. The highest BCUT2D eigenvalue weighted by atomic mass is 35.5. The first-order valence-electron chi connectivity index (χ1n) is 11.6. The van der Waals surface area contributed by atoms with Crippen LogP contribution in [0.3, 0.4) is 0 Å². The van der Waals surface area contributed by atoms with Gasteiger partial charge in [-0.1, -0.05) is 60.1 Å². The van der Waals surface area contributed by atoms with Gasteiger partial charge in [0.25, 0.3) is 0 Å². The van der Waals surface area contributed by atoms with Gasteiger partial charge in [0.15, 0.2) is 15.8 Å². The molecule has 0 saturated heterocycles. The van der Waals surface area contributed by atoms with Crippen molar-refractivity contribution in [3.05, 3.63) is 107 Å². The molecule has 5 rings (SSSR count). The maximum Gasteiger partial charge on any atom is 0.485 e. The molecule has 0 aliphatic heterocycles. The number of aromatic nitrogens is 1. The van der Waals surface area contributed by atoms with Gasteiger partial charge >= 0.3 is 5.51 Å². The summed E-state index contributed by atoms with van der Waals surface area (Å²) in [5.41, 5.74) is 3.56. The van der Waals surface area contributed by atoms with E-state index in [4.69, 9.17) is 24.6 Å². The molecular weight excluding hydrogens is 523 g/mol. The number of fused-ring (bicyclic) bond motifs is 1. The van der Waals surface area contributed by atoms with Crippen LogP contribution >= 0.6 is 11.6 Å². The van der Waals surface area contributed by atoms with Crippen LogP contribution in [0.5, 0.6) is 0 Å². The molecule has 4 aromatic rings. The summed E-state index contributed by atoms with van der Waals surface area (Å²) in [7, 11) is -6.09. The lowest BCUT2D eigenvalue weighted by Gasteiger charge is -2.20. The smallest absolute Gasteiger partial charge is 0.485 e. The molecule has 1 aromatic heterocycles. The number of halogens is 4. The molecular formula is C28H23ClF3NO3S. The van der Waals surface area contributed by atoms with Crippen LogP contribution in [0.25, 0.3) is 28.1 Å². The van der Waals surface area contributed by atoms with E-state index in [0.29, 0.717) is 0 Å². The number of hydrogen-bond donors (Lipinski definition) is 0. The van der Waals surface area contributed by atoms with E-state index in [1.54, 1.807) is 0 Å². The van der Waals surface area contributed by atoms with Gasteiger partial charge in [0.1, 0.15) is 0 Å². The first-order valence-corrected chi connectivity index (χ1v) is 13.3. The van der Waals surface area contributed by atoms with E-state index >= 15 is 0 Å². The van der Waals surface area contributed by atoms with Gasteiger partial charge in [-0.2, -0.15) is 17.7 Å². The third-order valence-electron chi connectivity index (χ3n) is 6.08. The molecule has 0 spiro atoms. The van der Waals surface area contributed by atoms with E-state index in [-0.39, 0.29) is 0 Å². The second kappa shape index (κ2) is 11.0. The molecule has 0 N–H and O–H groups in total. The minimum atomic E-state index is -6.09. The van der Waals surface area contributed by atoms with Crippen molar-refractivity contribution in [1.82, 2.24) is 0 Å². The molecule has 0 saturated carbocycles. The van der Waals surface area contributed by atoms with Crippen LogP contribution in [0.15, 0.2) is 91.0 Å². The van der Waals surface area contributed by atoms with Gasteiger partial charge in [0, 0.05) is 40.8 Å². The molecule has 0 atom stereocenters. The molecule has 0 bridgehead atoms. The predicted molar refractivity (Wildman–Crippen MR) is 136 cm³/mol. The fourth-order valence-electron chi connectivity index (χ4n) is 4.44. The number of nitrogens with zero attached hydrogens (tertiary/aromatic N) is 1. The molecule has 0 fully saturated rings. The van der Waals surface area contributed by atoms with Gasteiger partial charge in [0.2, 0.25) is 11.4 Å². The lowest BCUT2D eigenvalue weighted by Crippen LogP contribution is -2.41. The first-order chi connectivity index (χ1) is 17.6. The second-order valence-corrected chi connectivity index (χ2v) is 10.3. The van der Waals surface area contributed by atoms with Crippen LogP contribution < -0.4 is 4.57 Å². The highest BCUT2D eigenvalue weighted by Crippen LogP contribution is 2.34. The maximum atomic E-state index is 10.7. The lowest BCUT2D eigenvalue weighted by atomic mass is 9.87. The minimum absolute atomic E-state index is 0.769. The summed E-state index contributed by atoms with van der Waals surface area (Å²) in [6, 6.07) is 32.1. The monoisotopic (exact) mass is 545 g/mol. The van der Waals surface area contributed by atoms with E-state index < -0.39 is 15.6 Å². The van der Waals surface area contributed by atoms with E-state index in [1.165, 1.54) is 52.2 Å². The lowest BCUT2D eigenvalue weighted by molar-refractivity contribution is -0.593. The van der Waals surface area contributed by atoms with E-state index in [1.807, 2.05) is 12.1 Å². The third kappa shape index (κ3) is 6.21. The van der Waals surface area contributed by atoms with E-state index in [2.05, 4.69) is 83.4 Å². The third-order valence-corrected chi connectivity index (χ3v) is 6.90. The fraction of sp³-hybridized carbons (Fsp3) is 0.179. The van der Waals surface area contributed by atoms with Gasteiger partial charge in [-0.05, 0) is 54.7 Å². The summed E-state index contributed by atoms with van der Waals surface area (Å²) < 4.78 is 61.4. The molecule has 192 valence electrons. The Kier molecular flexibility index (Phi) is 8.02. The second-order valence-electron chi connectivity index (χ2n) is 8.52. The van der Waals surface area contributed by atoms with Gasteiger partial charge in [0.05, 0.1) is 0 Å². The molecule has 0 radical (unpaired) electrons. The van der Waals surface area contributed by atoms with Gasteiger partial charge in [-0.15, -0.1) is 0 Å². The van der Waals surface area contributed by atoms with Crippen LogP contribution in [0, 0.1) is 0 Å². The summed E-state index contributed by atoms with van der Waals surface area (Å²) in [4.78, 5) is 0. The highest BCUT2D eigenvalue weighted by Gasteiger charge is 2.37. The Labute approximate surface area is 218 Å². The van der Waals surface area contributed by atoms with Gasteiger partial charge in [-0.3, -0.25) is 0 Å².